The van der Waals surface area contributed by atoms with Crippen molar-refractivity contribution in [2.75, 3.05) is 18.1 Å². The van der Waals surface area contributed by atoms with Gasteiger partial charge >= 0.3 is 0 Å². The zero-order chi connectivity index (χ0) is 17.8. The lowest BCUT2D eigenvalue weighted by Gasteiger charge is -2.18. The van der Waals surface area contributed by atoms with E-state index in [9.17, 15) is 9.59 Å². The Kier molecular flexibility index (Phi) is 5.03. The molecule has 1 N–H and O–H groups in total. The van der Waals surface area contributed by atoms with Crippen molar-refractivity contribution < 1.29 is 14.3 Å². The highest BCUT2D eigenvalue weighted by Gasteiger charge is 2.33. The minimum atomic E-state index is -0.493. The van der Waals surface area contributed by atoms with Crippen molar-refractivity contribution in [3.63, 3.8) is 0 Å². The molecule has 2 amide bonds. The van der Waals surface area contributed by atoms with Crippen molar-refractivity contribution in [1.82, 2.24) is 5.32 Å². The van der Waals surface area contributed by atoms with Crippen molar-refractivity contribution in [3.05, 3.63) is 59.7 Å². The molecule has 0 aliphatic carbocycles. The number of para-hydroxylation sites is 1. The van der Waals surface area contributed by atoms with Crippen LogP contribution in [0.5, 0.6) is 5.75 Å². The van der Waals surface area contributed by atoms with Gasteiger partial charge in [0.15, 0.2) is 6.61 Å². The van der Waals surface area contributed by atoms with Crippen LogP contribution in [0, 0.1) is 13.8 Å². The van der Waals surface area contributed by atoms with Crippen LogP contribution in [-0.4, -0.2) is 31.0 Å². The summed E-state index contributed by atoms with van der Waals surface area (Å²) in [6, 6.07) is 14.7. The Bertz CT molecular complexity index is 754. The van der Waals surface area contributed by atoms with Crippen LogP contribution < -0.4 is 15.0 Å². The van der Waals surface area contributed by atoms with Gasteiger partial charge in [0.2, 0.25) is 5.91 Å². The normalized spacial score (nSPS) is 16.8. The first-order valence-corrected chi connectivity index (χ1v) is 8.40. The van der Waals surface area contributed by atoms with E-state index >= 15 is 0 Å². The van der Waals surface area contributed by atoms with Gasteiger partial charge in [-0.05, 0) is 55.7 Å². The van der Waals surface area contributed by atoms with Gasteiger partial charge in [-0.3, -0.25) is 9.59 Å². The third kappa shape index (κ3) is 4.18. The molecule has 3 rings (SSSR count). The number of carbonyl (C=O) groups is 2. The predicted molar refractivity (Wildman–Crippen MR) is 96.8 cm³/mol. The minimum Gasteiger partial charge on any atom is -0.484 e. The molecule has 2 aromatic rings. The number of hydrogen-bond donors (Lipinski definition) is 1. The highest BCUT2D eigenvalue weighted by atomic mass is 16.5. The number of amides is 2. The lowest BCUT2D eigenvalue weighted by atomic mass is 10.1. The molecule has 1 saturated heterocycles. The summed E-state index contributed by atoms with van der Waals surface area (Å²) in [7, 11) is 0. The smallest absolute Gasteiger partial charge is 0.258 e. The van der Waals surface area contributed by atoms with E-state index in [1.165, 1.54) is 0 Å². The van der Waals surface area contributed by atoms with Crippen molar-refractivity contribution in [1.29, 1.82) is 0 Å². The third-order valence-corrected chi connectivity index (χ3v) is 4.17. The van der Waals surface area contributed by atoms with Gasteiger partial charge < -0.3 is 15.0 Å². The van der Waals surface area contributed by atoms with Crippen LogP contribution in [-0.2, 0) is 9.59 Å². The third-order valence-electron chi connectivity index (χ3n) is 4.17. The maximum absolute atomic E-state index is 12.6. The Balaban J connectivity index is 1.57. The van der Waals surface area contributed by atoms with Crippen molar-refractivity contribution in [2.45, 2.75) is 26.3 Å². The van der Waals surface area contributed by atoms with Gasteiger partial charge in [-0.1, -0.05) is 24.3 Å². The average molecular weight is 338 g/mol. The summed E-state index contributed by atoms with van der Waals surface area (Å²) in [5.41, 5.74) is 3.12. The van der Waals surface area contributed by atoms with E-state index in [1.54, 1.807) is 17.0 Å². The lowest BCUT2D eigenvalue weighted by Crippen LogP contribution is -2.43. The van der Waals surface area contributed by atoms with Gasteiger partial charge in [0.05, 0.1) is 0 Å². The van der Waals surface area contributed by atoms with E-state index in [0.717, 1.165) is 16.8 Å². The summed E-state index contributed by atoms with van der Waals surface area (Å²) in [4.78, 5) is 26.4. The SMILES string of the molecule is Cc1cc(C)cc(N2CC[C@H](NC(=O)COc3ccccc3)C2=O)c1. The number of carbonyl (C=O) groups excluding carboxylic acids is 2. The second-order valence-electron chi connectivity index (χ2n) is 6.35. The monoisotopic (exact) mass is 338 g/mol. The quantitative estimate of drug-likeness (QED) is 0.912. The van der Waals surface area contributed by atoms with Gasteiger partial charge in [0.25, 0.3) is 5.91 Å². The fraction of sp³-hybridized carbons (Fsp3) is 0.300. The van der Waals surface area contributed by atoms with Gasteiger partial charge in [0.1, 0.15) is 11.8 Å². The molecule has 0 unspecified atom stereocenters. The summed E-state index contributed by atoms with van der Waals surface area (Å²) >= 11 is 0. The maximum Gasteiger partial charge on any atom is 0.258 e. The molecule has 0 bridgehead atoms. The second kappa shape index (κ2) is 7.38. The lowest BCUT2D eigenvalue weighted by molar-refractivity contribution is -0.127. The molecule has 0 radical (unpaired) electrons. The summed E-state index contributed by atoms with van der Waals surface area (Å²) in [6.07, 6.45) is 0.600. The number of ether oxygens (including phenoxy) is 1. The van der Waals surface area contributed by atoms with Crippen LogP contribution in [0.2, 0.25) is 0 Å². The van der Waals surface area contributed by atoms with Crippen molar-refractivity contribution in [2.24, 2.45) is 0 Å². The Hall–Kier alpha value is -2.82. The van der Waals surface area contributed by atoms with E-state index in [-0.39, 0.29) is 18.4 Å². The maximum atomic E-state index is 12.6. The molecule has 0 aromatic heterocycles. The van der Waals surface area contributed by atoms with Crippen LogP contribution >= 0.6 is 0 Å². The molecule has 5 nitrogen and oxygen atoms in total. The van der Waals surface area contributed by atoms with Crippen molar-refractivity contribution in [3.8, 4) is 5.75 Å². The summed E-state index contributed by atoms with van der Waals surface area (Å²) in [6.45, 7) is 4.53. The van der Waals surface area contributed by atoms with Crippen LogP contribution in [0.25, 0.3) is 0 Å². The summed E-state index contributed by atoms with van der Waals surface area (Å²) < 4.78 is 5.42. The summed E-state index contributed by atoms with van der Waals surface area (Å²) in [5, 5.41) is 2.77. The number of anilines is 1. The zero-order valence-electron chi connectivity index (χ0n) is 14.5. The molecule has 5 heteroatoms. The van der Waals surface area contributed by atoms with Gasteiger partial charge in [-0.25, -0.2) is 0 Å². The first-order chi connectivity index (χ1) is 12.0. The van der Waals surface area contributed by atoms with Crippen LogP contribution in [0.15, 0.2) is 48.5 Å². The van der Waals surface area contributed by atoms with Crippen LogP contribution in [0.4, 0.5) is 5.69 Å². The Morgan fingerprint density at radius 2 is 1.84 bits per heavy atom. The molecule has 0 spiro atoms. The highest BCUT2D eigenvalue weighted by Crippen LogP contribution is 2.24. The molecule has 130 valence electrons. The number of nitrogens with one attached hydrogen (secondary N) is 1. The molecular formula is C20H22N2O3. The Morgan fingerprint density at radius 1 is 1.16 bits per heavy atom. The van der Waals surface area contributed by atoms with E-state index < -0.39 is 6.04 Å². The average Bonchev–Trinajstić information content (AvgIpc) is 2.94. The summed E-state index contributed by atoms with van der Waals surface area (Å²) in [5.74, 6) is 0.273. The number of nitrogens with zero attached hydrogens (tertiary/aromatic N) is 1. The highest BCUT2D eigenvalue weighted by molar-refractivity contribution is 6.01. The van der Waals surface area contributed by atoms with Gasteiger partial charge in [0, 0.05) is 12.2 Å². The fourth-order valence-corrected chi connectivity index (χ4v) is 3.08. The van der Waals surface area contributed by atoms with E-state index in [1.807, 2.05) is 44.2 Å². The number of benzene rings is 2. The molecular weight excluding hydrogens is 316 g/mol. The molecule has 2 aromatic carbocycles. The first kappa shape index (κ1) is 17.0. The predicted octanol–water partition coefficient (Wildman–Crippen LogP) is 2.60. The van der Waals surface area contributed by atoms with Crippen LogP contribution in [0.1, 0.15) is 17.5 Å². The molecule has 1 aliphatic heterocycles. The molecule has 1 heterocycles. The molecule has 25 heavy (non-hydrogen) atoms. The van der Waals surface area contributed by atoms with E-state index in [0.29, 0.717) is 18.7 Å². The molecule has 1 fully saturated rings. The standard InChI is InChI=1S/C20H22N2O3/c1-14-10-15(2)12-16(11-14)22-9-8-18(20(22)24)21-19(23)13-25-17-6-4-3-5-7-17/h3-7,10-12,18H,8-9,13H2,1-2H3,(H,21,23)/t18-/m0/s1. The minimum absolute atomic E-state index is 0.0712. The number of hydrogen-bond acceptors (Lipinski definition) is 3. The fourth-order valence-electron chi connectivity index (χ4n) is 3.08. The molecule has 0 saturated carbocycles. The topological polar surface area (TPSA) is 58.6 Å². The number of aryl methyl sites for hydroxylation is 2. The van der Waals surface area contributed by atoms with Crippen LogP contribution in [0.3, 0.4) is 0 Å². The zero-order valence-corrected chi connectivity index (χ0v) is 14.5. The largest absolute Gasteiger partial charge is 0.484 e. The number of rotatable bonds is 5. The molecule has 1 aliphatic rings. The van der Waals surface area contributed by atoms with Crippen molar-refractivity contribution >= 4 is 17.5 Å². The second-order valence-corrected chi connectivity index (χ2v) is 6.35. The Labute approximate surface area is 147 Å². The first-order valence-electron chi connectivity index (χ1n) is 8.40. The molecule has 1 atom stereocenters. The van der Waals surface area contributed by atoms with Gasteiger partial charge in [-0.2, -0.15) is 0 Å². The van der Waals surface area contributed by atoms with E-state index in [2.05, 4.69) is 11.4 Å². The Morgan fingerprint density at radius 3 is 2.52 bits per heavy atom. The van der Waals surface area contributed by atoms with E-state index in [4.69, 9.17) is 4.74 Å². The van der Waals surface area contributed by atoms with Gasteiger partial charge in [-0.15, -0.1) is 0 Å².